The van der Waals surface area contributed by atoms with Crippen LogP contribution in [0.25, 0.3) is 0 Å². The molecular weight excluding hydrogens is 262 g/mol. The number of rotatable bonds is 2. The molecular formula is C17H31N3O. The predicted molar refractivity (Wildman–Crippen MR) is 85.2 cm³/mol. The van der Waals surface area contributed by atoms with E-state index in [9.17, 15) is 4.79 Å². The minimum atomic E-state index is 0.0732. The molecule has 3 rings (SSSR count). The molecule has 2 heterocycles. The van der Waals surface area contributed by atoms with Crippen LogP contribution in [0.2, 0.25) is 0 Å². The van der Waals surface area contributed by atoms with Gasteiger partial charge >= 0.3 is 0 Å². The summed E-state index contributed by atoms with van der Waals surface area (Å²) in [5.41, 5.74) is 0.632. The van der Waals surface area contributed by atoms with Crippen molar-refractivity contribution in [3.8, 4) is 0 Å². The zero-order chi connectivity index (χ0) is 14.7. The smallest absolute Gasteiger partial charge is 0.239 e. The van der Waals surface area contributed by atoms with E-state index >= 15 is 0 Å². The van der Waals surface area contributed by atoms with E-state index in [1.54, 1.807) is 0 Å². The molecule has 21 heavy (non-hydrogen) atoms. The Bertz CT molecular complexity index is 349. The van der Waals surface area contributed by atoms with Crippen molar-refractivity contribution in [1.29, 1.82) is 0 Å². The molecule has 0 aromatic carbocycles. The molecule has 3 aliphatic rings. The van der Waals surface area contributed by atoms with Gasteiger partial charge in [0.25, 0.3) is 0 Å². The predicted octanol–water partition coefficient (Wildman–Crippen LogP) is 1.85. The maximum absolute atomic E-state index is 12.6. The summed E-state index contributed by atoms with van der Waals surface area (Å²) in [7, 11) is 0. The van der Waals surface area contributed by atoms with E-state index in [4.69, 9.17) is 0 Å². The monoisotopic (exact) mass is 293 g/mol. The first-order valence-electron chi connectivity index (χ1n) is 8.94. The molecule has 0 bridgehead atoms. The van der Waals surface area contributed by atoms with Gasteiger partial charge in [-0.2, -0.15) is 0 Å². The van der Waals surface area contributed by atoms with Crippen LogP contribution in [0.4, 0.5) is 0 Å². The second-order valence-electron chi connectivity index (χ2n) is 7.35. The lowest BCUT2D eigenvalue weighted by atomic mass is 9.68. The number of hydrogen-bond donors (Lipinski definition) is 1. The second kappa shape index (κ2) is 6.66. The number of nitrogens with zero attached hydrogens (tertiary/aromatic N) is 2. The van der Waals surface area contributed by atoms with Crippen molar-refractivity contribution in [2.45, 2.75) is 57.9 Å². The number of hydrogen-bond acceptors (Lipinski definition) is 3. The number of piperazine rings is 1. The molecule has 0 aromatic heterocycles. The summed E-state index contributed by atoms with van der Waals surface area (Å²) in [5, 5.41) is 3.32. The van der Waals surface area contributed by atoms with Crippen molar-refractivity contribution in [3.05, 3.63) is 0 Å². The number of nitrogens with one attached hydrogen (secondary N) is 1. The second-order valence-corrected chi connectivity index (χ2v) is 7.35. The van der Waals surface area contributed by atoms with Crippen LogP contribution in [-0.2, 0) is 4.79 Å². The third-order valence-corrected chi connectivity index (χ3v) is 6.11. The van der Waals surface area contributed by atoms with Crippen molar-refractivity contribution in [2.24, 2.45) is 5.41 Å². The van der Waals surface area contributed by atoms with Crippen LogP contribution in [-0.4, -0.2) is 61.0 Å². The fourth-order valence-electron chi connectivity index (χ4n) is 4.49. The summed E-state index contributed by atoms with van der Waals surface area (Å²) < 4.78 is 0. The van der Waals surface area contributed by atoms with E-state index in [0.29, 0.717) is 11.3 Å². The molecule has 0 radical (unpaired) electrons. The molecule has 1 unspecified atom stereocenters. The van der Waals surface area contributed by atoms with Crippen LogP contribution < -0.4 is 5.32 Å². The fourth-order valence-corrected chi connectivity index (χ4v) is 4.49. The van der Waals surface area contributed by atoms with Gasteiger partial charge in [0.15, 0.2) is 0 Å². The Morgan fingerprint density at radius 2 is 1.57 bits per heavy atom. The molecule has 1 saturated carbocycles. The van der Waals surface area contributed by atoms with Gasteiger partial charge in [0, 0.05) is 26.2 Å². The lowest BCUT2D eigenvalue weighted by molar-refractivity contribution is -0.138. The Hall–Kier alpha value is -0.610. The summed E-state index contributed by atoms with van der Waals surface area (Å²) in [5.74, 6) is 0.344. The van der Waals surface area contributed by atoms with E-state index in [1.165, 1.54) is 44.9 Å². The Balaban J connectivity index is 1.52. The average molecular weight is 293 g/mol. The minimum Gasteiger partial charge on any atom is -0.339 e. The van der Waals surface area contributed by atoms with Crippen LogP contribution in [0.3, 0.4) is 0 Å². The Morgan fingerprint density at radius 3 is 2.19 bits per heavy atom. The zero-order valence-corrected chi connectivity index (χ0v) is 13.6. The van der Waals surface area contributed by atoms with Crippen LogP contribution in [0, 0.1) is 5.41 Å². The number of amides is 1. The highest BCUT2D eigenvalue weighted by molar-refractivity contribution is 5.81. The molecule has 2 aliphatic heterocycles. The topological polar surface area (TPSA) is 35.6 Å². The molecule has 4 nitrogen and oxygen atoms in total. The van der Waals surface area contributed by atoms with Gasteiger partial charge in [0.2, 0.25) is 5.91 Å². The van der Waals surface area contributed by atoms with Gasteiger partial charge in [0.1, 0.15) is 0 Å². The molecule has 0 aromatic rings. The summed E-state index contributed by atoms with van der Waals surface area (Å²) in [6.07, 6.45) is 9.77. The van der Waals surface area contributed by atoms with E-state index in [-0.39, 0.29) is 6.04 Å². The standard InChI is InChI=1S/C17H31N3O/c1-15(16(21)20-13-9-18-10-14-20)19-11-7-17(8-12-19)5-3-2-4-6-17/h15,18H,2-14H2,1H3. The third kappa shape index (κ3) is 3.42. The third-order valence-electron chi connectivity index (χ3n) is 6.11. The van der Waals surface area contributed by atoms with Gasteiger partial charge in [-0.25, -0.2) is 0 Å². The van der Waals surface area contributed by atoms with Gasteiger partial charge in [-0.1, -0.05) is 19.3 Å². The van der Waals surface area contributed by atoms with Crippen molar-refractivity contribution >= 4 is 5.91 Å². The van der Waals surface area contributed by atoms with E-state index in [1.807, 2.05) is 4.90 Å². The van der Waals surface area contributed by atoms with Crippen molar-refractivity contribution in [1.82, 2.24) is 15.1 Å². The van der Waals surface area contributed by atoms with Crippen LogP contribution >= 0.6 is 0 Å². The Kier molecular flexibility index (Phi) is 4.85. The first-order valence-corrected chi connectivity index (χ1v) is 8.94. The Labute approximate surface area is 129 Å². The molecule has 2 saturated heterocycles. The van der Waals surface area contributed by atoms with Gasteiger partial charge in [-0.05, 0) is 51.1 Å². The lowest BCUT2D eigenvalue weighted by Gasteiger charge is -2.46. The van der Waals surface area contributed by atoms with E-state index in [2.05, 4.69) is 17.1 Å². The van der Waals surface area contributed by atoms with Crippen molar-refractivity contribution in [2.75, 3.05) is 39.3 Å². The highest BCUT2D eigenvalue weighted by Gasteiger charge is 2.38. The summed E-state index contributed by atoms with van der Waals surface area (Å²) >= 11 is 0. The first-order chi connectivity index (χ1) is 10.2. The molecule has 1 spiro atoms. The molecule has 1 amide bonds. The Morgan fingerprint density at radius 1 is 0.952 bits per heavy atom. The van der Waals surface area contributed by atoms with Crippen LogP contribution in [0.1, 0.15) is 51.9 Å². The maximum Gasteiger partial charge on any atom is 0.239 e. The molecule has 1 atom stereocenters. The van der Waals surface area contributed by atoms with Gasteiger partial charge in [0.05, 0.1) is 6.04 Å². The molecule has 3 fully saturated rings. The first kappa shape index (κ1) is 15.3. The van der Waals surface area contributed by atoms with Crippen LogP contribution in [0.15, 0.2) is 0 Å². The number of carbonyl (C=O) groups excluding carboxylic acids is 1. The largest absolute Gasteiger partial charge is 0.339 e. The molecule has 1 N–H and O–H groups in total. The van der Waals surface area contributed by atoms with E-state index in [0.717, 1.165) is 39.3 Å². The fraction of sp³-hybridized carbons (Fsp3) is 0.941. The van der Waals surface area contributed by atoms with Gasteiger partial charge < -0.3 is 10.2 Å². The lowest BCUT2D eigenvalue weighted by Crippen LogP contribution is -2.55. The maximum atomic E-state index is 12.6. The van der Waals surface area contributed by atoms with Crippen molar-refractivity contribution < 1.29 is 4.79 Å². The number of piperidine rings is 1. The quantitative estimate of drug-likeness (QED) is 0.844. The summed E-state index contributed by atoms with van der Waals surface area (Å²) in [6, 6.07) is 0.0732. The number of likely N-dealkylation sites (tertiary alicyclic amines) is 1. The van der Waals surface area contributed by atoms with Gasteiger partial charge in [-0.15, -0.1) is 0 Å². The summed E-state index contributed by atoms with van der Waals surface area (Å²) in [6.45, 7) is 8.01. The number of carbonyl (C=O) groups is 1. The van der Waals surface area contributed by atoms with Gasteiger partial charge in [-0.3, -0.25) is 9.69 Å². The minimum absolute atomic E-state index is 0.0732. The highest BCUT2D eigenvalue weighted by atomic mass is 16.2. The SMILES string of the molecule is CC(C(=O)N1CCNCC1)N1CCC2(CCCCC2)CC1. The summed E-state index contributed by atoms with van der Waals surface area (Å²) in [4.78, 5) is 17.1. The van der Waals surface area contributed by atoms with Crippen molar-refractivity contribution in [3.63, 3.8) is 0 Å². The zero-order valence-electron chi connectivity index (χ0n) is 13.6. The normalized spacial score (nSPS) is 28.5. The average Bonchev–Trinajstić information content (AvgIpc) is 2.56. The molecule has 4 heteroatoms. The highest BCUT2D eigenvalue weighted by Crippen LogP contribution is 2.44. The van der Waals surface area contributed by atoms with Crippen LogP contribution in [0.5, 0.6) is 0 Å². The van der Waals surface area contributed by atoms with E-state index < -0.39 is 0 Å². The molecule has 120 valence electrons. The molecule has 1 aliphatic carbocycles.